The molecule has 0 saturated heterocycles. The number of benzene rings is 1. The van der Waals surface area contributed by atoms with Crippen LogP contribution in [0.3, 0.4) is 0 Å². The smallest absolute Gasteiger partial charge is 0.273 e. The van der Waals surface area contributed by atoms with Crippen LogP contribution in [0.25, 0.3) is 0 Å². The number of nitrogens with one attached hydrogen (secondary N) is 1. The summed E-state index contributed by atoms with van der Waals surface area (Å²) < 4.78 is 10.0. The summed E-state index contributed by atoms with van der Waals surface area (Å²) in [5, 5.41) is 6.66. The van der Waals surface area contributed by atoms with Gasteiger partial charge in [0.25, 0.3) is 5.91 Å². The van der Waals surface area contributed by atoms with Crippen LogP contribution >= 0.6 is 0 Å². The first-order valence-corrected chi connectivity index (χ1v) is 6.52. The van der Waals surface area contributed by atoms with E-state index in [-0.39, 0.29) is 11.9 Å². The van der Waals surface area contributed by atoms with Gasteiger partial charge in [-0.25, -0.2) is 0 Å². The predicted molar refractivity (Wildman–Crippen MR) is 74.7 cm³/mol. The molecule has 1 aromatic heterocycles. The number of carbonyl (C=O) groups is 1. The standard InChI is InChI=1S/C15H18N2O3/c1-4-13(11-5-7-12(19-3)8-6-11)16-15(18)14-9-10(2)20-17-14/h5-9,13H,4H2,1-3H3,(H,16,18). The normalized spacial score (nSPS) is 11.9. The van der Waals surface area contributed by atoms with Gasteiger partial charge in [0, 0.05) is 6.07 Å². The van der Waals surface area contributed by atoms with E-state index in [0.29, 0.717) is 11.5 Å². The molecule has 0 aliphatic rings. The Balaban J connectivity index is 2.09. The maximum Gasteiger partial charge on any atom is 0.273 e. The zero-order chi connectivity index (χ0) is 14.5. The van der Waals surface area contributed by atoms with E-state index in [2.05, 4.69) is 10.5 Å². The number of nitrogens with zero attached hydrogens (tertiary/aromatic N) is 1. The molecule has 0 saturated carbocycles. The highest BCUT2D eigenvalue weighted by molar-refractivity contribution is 5.92. The molecule has 2 aromatic rings. The van der Waals surface area contributed by atoms with Gasteiger partial charge >= 0.3 is 0 Å². The fourth-order valence-corrected chi connectivity index (χ4v) is 1.96. The quantitative estimate of drug-likeness (QED) is 0.910. The van der Waals surface area contributed by atoms with Crippen LogP contribution in [0, 0.1) is 6.92 Å². The second-order valence-electron chi connectivity index (χ2n) is 4.53. The lowest BCUT2D eigenvalue weighted by atomic mass is 10.0. The zero-order valence-electron chi connectivity index (χ0n) is 11.8. The molecule has 106 valence electrons. The Morgan fingerprint density at radius 3 is 2.60 bits per heavy atom. The van der Waals surface area contributed by atoms with Gasteiger partial charge in [-0.1, -0.05) is 24.2 Å². The maximum atomic E-state index is 12.1. The van der Waals surface area contributed by atoms with Gasteiger partial charge < -0.3 is 14.6 Å². The fraction of sp³-hybridized carbons (Fsp3) is 0.333. The SMILES string of the molecule is CCC(NC(=O)c1cc(C)on1)c1ccc(OC)cc1. The highest BCUT2D eigenvalue weighted by Gasteiger charge is 2.16. The number of hydrogen-bond donors (Lipinski definition) is 1. The molecule has 0 spiro atoms. The van der Waals surface area contributed by atoms with Crippen molar-refractivity contribution in [3.63, 3.8) is 0 Å². The number of carbonyl (C=O) groups excluding carboxylic acids is 1. The second kappa shape index (κ2) is 6.23. The molecule has 0 fully saturated rings. The van der Waals surface area contributed by atoms with Gasteiger partial charge in [-0.3, -0.25) is 4.79 Å². The summed E-state index contributed by atoms with van der Waals surface area (Å²) >= 11 is 0. The minimum absolute atomic E-state index is 0.0644. The molecule has 0 aliphatic heterocycles. The van der Waals surface area contributed by atoms with Gasteiger partial charge in [-0.15, -0.1) is 0 Å². The molecular formula is C15H18N2O3. The maximum absolute atomic E-state index is 12.1. The van der Waals surface area contributed by atoms with E-state index in [1.807, 2.05) is 31.2 Å². The minimum atomic E-state index is -0.232. The molecule has 1 heterocycles. The third-order valence-corrected chi connectivity index (χ3v) is 3.09. The number of methoxy groups -OCH3 is 1. The van der Waals surface area contributed by atoms with E-state index in [9.17, 15) is 4.79 Å². The number of amides is 1. The summed E-state index contributed by atoms with van der Waals surface area (Å²) in [5.41, 5.74) is 1.33. The molecule has 0 aliphatic carbocycles. The molecule has 1 unspecified atom stereocenters. The monoisotopic (exact) mass is 274 g/mol. The molecule has 1 aromatic carbocycles. The molecule has 1 N–H and O–H groups in total. The van der Waals surface area contributed by atoms with Crippen molar-refractivity contribution < 1.29 is 14.1 Å². The molecule has 0 radical (unpaired) electrons. The number of aromatic nitrogens is 1. The van der Waals surface area contributed by atoms with Gasteiger partial charge in [0.05, 0.1) is 13.2 Å². The van der Waals surface area contributed by atoms with Crippen LogP contribution in [0.15, 0.2) is 34.9 Å². The van der Waals surface area contributed by atoms with Crippen molar-refractivity contribution >= 4 is 5.91 Å². The van der Waals surface area contributed by atoms with Gasteiger partial charge in [-0.05, 0) is 31.0 Å². The van der Waals surface area contributed by atoms with Crippen LogP contribution in [0.2, 0.25) is 0 Å². The average molecular weight is 274 g/mol. The Labute approximate surface area is 117 Å². The van der Waals surface area contributed by atoms with Gasteiger partial charge in [-0.2, -0.15) is 0 Å². The second-order valence-corrected chi connectivity index (χ2v) is 4.53. The third-order valence-electron chi connectivity index (χ3n) is 3.09. The summed E-state index contributed by atoms with van der Waals surface area (Å²) in [6.45, 7) is 3.77. The topological polar surface area (TPSA) is 64.4 Å². The summed E-state index contributed by atoms with van der Waals surface area (Å²) in [7, 11) is 1.63. The van der Waals surface area contributed by atoms with E-state index in [4.69, 9.17) is 9.26 Å². The Morgan fingerprint density at radius 1 is 1.40 bits per heavy atom. The Morgan fingerprint density at radius 2 is 2.10 bits per heavy atom. The lowest BCUT2D eigenvalue weighted by Crippen LogP contribution is -2.28. The first-order chi connectivity index (χ1) is 9.63. The van der Waals surface area contributed by atoms with E-state index < -0.39 is 0 Å². The van der Waals surface area contributed by atoms with Crippen LogP contribution < -0.4 is 10.1 Å². The van der Waals surface area contributed by atoms with Gasteiger partial charge in [0.2, 0.25) is 0 Å². The van der Waals surface area contributed by atoms with Crippen molar-refractivity contribution in [2.24, 2.45) is 0 Å². The van der Waals surface area contributed by atoms with Crippen LogP contribution in [-0.2, 0) is 0 Å². The number of ether oxygens (including phenoxy) is 1. The molecule has 2 rings (SSSR count). The lowest BCUT2D eigenvalue weighted by molar-refractivity contribution is 0.0926. The van der Waals surface area contributed by atoms with Crippen LogP contribution in [-0.4, -0.2) is 18.2 Å². The molecule has 1 amide bonds. The number of rotatable bonds is 5. The fourth-order valence-electron chi connectivity index (χ4n) is 1.96. The van der Waals surface area contributed by atoms with Crippen molar-refractivity contribution in [1.82, 2.24) is 10.5 Å². The molecule has 20 heavy (non-hydrogen) atoms. The van der Waals surface area contributed by atoms with Crippen molar-refractivity contribution in [3.8, 4) is 5.75 Å². The summed E-state index contributed by atoms with van der Waals surface area (Å²) in [6.07, 6.45) is 0.787. The zero-order valence-corrected chi connectivity index (χ0v) is 11.8. The average Bonchev–Trinajstić information content (AvgIpc) is 2.91. The van der Waals surface area contributed by atoms with E-state index >= 15 is 0 Å². The highest BCUT2D eigenvalue weighted by Crippen LogP contribution is 2.20. The third kappa shape index (κ3) is 3.17. The van der Waals surface area contributed by atoms with Crippen LogP contribution in [0.4, 0.5) is 0 Å². The van der Waals surface area contributed by atoms with Gasteiger partial charge in [0.15, 0.2) is 5.69 Å². The molecule has 0 bridgehead atoms. The van der Waals surface area contributed by atoms with E-state index in [1.54, 1.807) is 20.1 Å². The summed E-state index contributed by atoms with van der Waals surface area (Å²) in [6, 6.07) is 9.21. The van der Waals surface area contributed by atoms with Gasteiger partial charge in [0.1, 0.15) is 11.5 Å². The van der Waals surface area contributed by atoms with Crippen molar-refractivity contribution in [1.29, 1.82) is 0 Å². The largest absolute Gasteiger partial charge is 0.497 e. The Hall–Kier alpha value is -2.30. The van der Waals surface area contributed by atoms with E-state index in [0.717, 1.165) is 17.7 Å². The molecular weight excluding hydrogens is 256 g/mol. The number of hydrogen-bond acceptors (Lipinski definition) is 4. The Bertz CT molecular complexity index is 575. The van der Waals surface area contributed by atoms with Crippen LogP contribution in [0.1, 0.15) is 41.2 Å². The predicted octanol–water partition coefficient (Wildman–Crippen LogP) is 2.87. The van der Waals surface area contributed by atoms with Crippen molar-refractivity contribution in [3.05, 3.63) is 47.3 Å². The van der Waals surface area contributed by atoms with E-state index in [1.165, 1.54) is 0 Å². The summed E-state index contributed by atoms with van der Waals surface area (Å²) in [4.78, 5) is 12.1. The summed E-state index contributed by atoms with van der Waals surface area (Å²) in [5.74, 6) is 1.18. The minimum Gasteiger partial charge on any atom is -0.497 e. The first-order valence-electron chi connectivity index (χ1n) is 6.52. The van der Waals surface area contributed by atoms with Crippen molar-refractivity contribution in [2.45, 2.75) is 26.3 Å². The molecule has 5 heteroatoms. The molecule has 5 nitrogen and oxygen atoms in total. The van der Waals surface area contributed by atoms with Crippen molar-refractivity contribution in [2.75, 3.05) is 7.11 Å². The highest BCUT2D eigenvalue weighted by atomic mass is 16.5. The molecule has 1 atom stereocenters. The first kappa shape index (κ1) is 14.1. The van der Waals surface area contributed by atoms with Crippen LogP contribution in [0.5, 0.6) is 5.75 Å². The Kier molecular flexibility index (Phi) is 4.40. The lowest BCUT2D eigenvalue weighted by Gasteiger charge is -2.17. The number of aryl methyl sites for hydroxylation is 1.